The summed E-state index contributed by atoms with van der Waals surface area (Å²) in [6, 6.07) is 1.14. The topological polar surface area (TPSA) is 101 Å². The molecule has 0 radical (unpaired) electrons. The lowest BCUT2D eigenvalue weighted by Gasteiger charge is -2.58. The van der Waals surface area contributed by atoms with Gasteiger partial charge in [-0.3, -0.25) is 30.9 Å². The highest BCUT2D eigenvalue weighted by Crippen LogP contribution is 2.47. The van der Waals surface area contributed by atoms with Crippen molar-refractivity contribution in [3.8, 4) is 0 Å². The molecule has 4 N–H and O–H groups in total. The predicted molar refractivity (Wildman–Crippen MR) is 136 cm³/mol. The van der Waals surface area contributed by atoms with Crippen molar-refractivity contribution in [2.45, 2.75) is 120 Å². The number of esters is 2. The molecule has 10 unspecified atom stereocenters. The van der Waals surface area contributed by atoms with Crippen LogP contribution in [0.1, 0.15) is 78.1 Å². The number of carbonyl (C=O) groups is 2. The minimum Gasteiger partial charge on any atom is -0.465 e. The molecule has 0 aromatic heterocycles. The molecule has 0 amide bonds. The first-order chi connectivity index (χ1) is 17.6. The normalized spacial score (nSPS) is 47.7. The van der Waals surface area contributed by atoms with E-state index in [-0.39, 0.29) is 24.0 Å². The number of fused-ring (bicyclic) bond motifs is 7. The molecule has 10 atom stereocenters. The van der Waals surface area contributed by atoms with E-state index in [4.69, 9.17) is 9.47 Å². The number of nitrogens with one attached hydrogen (secondary N) is 4. The standard InChI is InChI=1S/C28H46N4O4/c1-3-35-27(33)20-11-9-15-5-7-17-13-19-14-18-8-6-16-10-12-21(28(34)36-4-2)30-23(16)25(18)32-26(19)31-24(17)22(15)29-20/h15-26,29-32H,3-14H2,1-2H3. The maximum atomic E-state index is 12.5. The monoisotopic (exact) mass is 502 g/mol. The van der Waals surface area contributed by atoms with Gasteiger partial charge in [0.05, 0.1) is 19.4 Å². The molecule has 36 heavy (non-hydrogen) atoms. The summed E-state index contributed by atoms with van der Waals surface area (Å²) in [6.45, 7) is 4.66. The molecule has 4 heterocycles. The van der Waals surface area contributed by atoms with Crippen LogP contribution in [-0.4, -0.2) is 67.6 Å². The smallest absolute Gasteiger partial charge is 0.323 e. The maximum absolute atomic E-state index is 12.5. The van der Waals surface area contributed by atoms with Gasteiger partial charge in [-0.15, -0.1) is 0 Å². The van der Waals surface area contributed by atoms with Crippen LogP contribution in [0.15, 0.2) is 0 Å². The predicted octanol–water partition coefficient (Wildman–Crippen LogP) is 2.07. The van der Waals surface area contributed by atoms with Gasteiger partial charge in [-0.05, 0) is 108 Å². The molecular weight excluding hydrogens is 456 g/mol. The van der Waals surface area contributed by atoms with Gasteiger partial charge in [0.15, 0.2) is 0 Å². The van der Waals surface area contributed by atoms with Gasteiger partial charge >= 0.3 is 11.9 Å². The SMILES string of the molecule is CCOC(=O)C1CCC2CCC3CC4CC5CCC6CCC(C(=O)OCC)NC6C5NC4NC3C2N1. The summed E-state index contributed by atoms with van der Waals surface area (Å²) in [4.78, 5) is 25.0. The van der Waals surface area contributed by atoms with Gasteiger partial charge in [0.2, 0.25) is 0 Å². The van der Waals surface area contributed by atoms with E-state index in [1.54, 1.807) is 0 Å². The molecule has 0 spiro atoms. The fourth-order valence-corrected chi connectivity index (χ4v) is 9.01. The molecular formula is C28H46N4O4. The molecule has 0 aromatic rings. The lowest BCUT2D eigenvalue weighted by molar-refractivity contribution is -0.148. The third-order valence-corrected chi connectivity index (χ3v) is 10.6. The molecule has 4 aliphatic heterocycles. The fraction of sp³-hybridized carbons (Fsp3) is 0.929. The summed E-state index contributed by atoms with van der Waals surface area (Å²) in [5.41, 5.74) is 0. The highest BCUT2D eigenvalue weighted by molar-refractivity contribution is 5.76. The Morgan fingerprint density at radius 2 is 0.944 bits per heavy atom. The fourth-order valence-electron chi connectivity index (χ4n) is 9.01. The first kappa shape index (κ1) is 25.1. The highest BCUT2D eigenvalue weighted by atomic mass is 16.5. The Balaban J connectivity index is 1.15. The van der Waals surface area contributed by atoms with Gasteiger partial charge in [0, 0.05) is 24.2 Å². The van der Waals surface area contributed by atoms with Crippen molar-refractivity contribution in [1.82, 2.24) is 21.3 Å². The Hall–Kier alpha value is -1.22. The van der Waals surface area contributed by atoms with Gasteiger partial charge in [0.1, 0.15) is 12.1 Å². The van der Waals surface area contributed by atoms with Crippen LogP contribution in [0.2, 0.25) is 0 Å². The van der Waals surface area contributed by atoms with Crippen LogP contribution in [0.5, 0.6) is 0 Å². The second-order valence-electron chi connectivity index (χ2n) is 12.4. The minimum atomic E-state index is -0.168. The van der Waals surface area contributed by atoms with Gasteiger partial charge in [-0.25, -0.2) is 0 Å². The molecule has 202 valence electrons. The zero-order chi connectivity index (χ0) is 24.8. The molecule has 6 rings (SSSR count). The molecule has 8 heteroatoms. The van der Waals surface area contributed by atoms with Gasteiger partial charge in [0.25, 0.3) is 0 Å². The van der Waals surface area contributed by atoms with E-state index in [1.807, 2.05) is 13.8 Å². The summed E-state index contributed by atoms with van der Waals surface area (Å²) in [7, 11) is 0. The Morgan fingerprint density at radius 3 is 1.39 bits per heavy atom. The summed E-state index contributed by atoms with van der Waals surface area (Å²) >= 11 is 0. The Kier molecular flexibility index (Phi) is 7.32. The number of ether oxygens (including phenoxy) is 2. The summed E-state index contributed by atoms with van der Waals surface area (Å²) in [5, 5.41) is 15.6. The summed E-state index contributed by atoms with van der Waals surface area (Å²) < 4.78 is 10.7. The molecule has 0 bridgehead atoms. The van der Waals surface area contributed by atoms with Gasteiger partial charge < -0.3 is 9.47 Å². The van der Waals surface area contributed by atoms with Crippen LogP contribution < -0.4 is 21.3 Å². The molecule has 4 saturated heterocycles. The molecule has 8 nitrogen and oxygen atoms in total. The van der Waals surface area contributed by atoms with E-state index in [0.29, 0.717) is 73.1 Å². The van der Waals surface area contributed by atoms with Gasteiger partial charge in [-0.2, -0.15) is 0 Å². The van der Waals surface area contributed by atoms with Crippen LogP contribution in [0.3, 0.4) is 0 Å². The zero-order valence-electron chi connectivity index (χ0n) is 22.0. The number of rotatable bonds is 4. The lowest BCUT2D eigenvalue weighted by Crippen LogP contribution is -2.75. The van der Waals surface area contributed by atoms with Crippen LogP contribution in [-0.2, 0) is 19.1 Å². The van der Waals surface area contributed by atoms with Crippen molar-refractivity contribution in [3.05, 3.63) is 0 Å². The van der Waals surface area contributed by atoms with E-state index in [2.05, 4.69) is 21.3 Å². The molecule has 0 aromatic carbocycles. The zero-order valence-corrected chi connectivity index (χ0v) is 22.0. The first-order valence-corrected chi connectivity index (χ1v) is 14.9. The molecule has 2 saturated carbocycles. The van der Waals surface area contributed by atoms with Crippen molar-refractivity contribution >= 4 is 11.9 Å². The summed E-state index contributed by atoms with van der Waals surface area (Å²) in [5.74, 6) is 3.13. The number of hydrogen-bond donors (Lipinski definition) is 4. The quantitative estimate of drug-likeness (QED) is 0.434. The third-order valence-electron chi connectivity index (χ3n) is 10.6. The number of hydrogen-bond acceptors (Lipinski definition) is 8. The van der Waals surface area contributed by atoms with E-state index in [0.717, 1.165) is 25.7 Å². The molecule has 6 aliphatic rings. The van der Waals surface area contributed by atoms with Crippen LogP contribution in [0.25, 0.3) is 0 Å². The van der Waals surface area contributed by atoms with Crippen molar-refractivity contribution in [1.29, 1.82) is 0 Å². The number of piperidine rings is 4. The van der Waals surface area contributed by atoms with E-state index in [1.165, 1.54) is 38.5 Å². The van der Waals surface area contributed by atoms with E-state index < -0.39 is 0 Å². The average molecular weight is 503 g/mol. The largest absolute Gasteiger partial charge is 0.465 e. The molecule has 6 fully saturated rings. The maximum Gasteiger partial charge on any atom is 0.323 e. The Bertz CT molecular complexity index is 761. The second kappa shape index (κ2) is 10.5. The number of carbonyl (C=O) groups excluding carboxylic acids is 2. The highest BCUT2D eigenvalue weighted by Gasteiger charge is 2.53. The van der Waals surface area contributed by atoms with Crippen LogP contribution in [0, 0.1) is 29.6 Å². The third kappa shape index (κ3) is 4.61. The van der Waals surface area contributed by atoms with Crippen molar-refractivity contribution in [3.63, 3.8) is 0 Å². The van der Waals surface area contributed by atoms with Gasteiger partial charge in [-0.1, -0.05) is 0 Å². The average Bonchev–Trinajstić information content (AvgIpc) is 2.90. The lowest BCUT2D eigenvalue weighted by atomic mass is 9.61. The van der Waals surface area contributed by atoms with Crippen molar-refractivity contribution in [2.75, 3.05) is 13.2 Å². The summed E-state index contributed by atoms with van der Waals surface area (Å²) in [6.07, 6.45) is 12.0. The van der Waals surface area contributed by atoms with E-state index in [9.17, 15) is 9.59 Å². The second-order valence-corrected chi connectivity index (χ2v) is 12.4. The van der Waals surface area contributed by atoms with E-state index >= 15 is 0 Å². The molecule has 2 aliphatic carbocycles. The first-order valence-electron chi connectivity index (χ1n) is 14.9. The van der Waals surface area contributed by atoms with Crippen LogP contribution in [0.4, 0.5) is 0 Å². The Labute approximate surface area is 215 Å². The van der Waals surface area contributed by atoms with Crippen LogP contribution >= 0.6 is 0 Å². The van der Waals surface area contributed by atoms with Crippen molar-refractivity contribution in [2.24, 2.45) is 29.6 Å². The minimum absolute atomic E-state index is 0.0850. The Morgan fingerprint density at radius 1 is 0.556 bits per heavy atom. The van der Waals surface area contributed by atoms with Crippen molar-refractivity contribution < 1.29 is 19.1 Å².